The zero-order valence-electron chi connectivity index (χ0n) is 11.5. The van der Waals surface area contributed by atoms with Crippen LogP contribution in [-0.2, 0) is 4.74 Å². The van der Waals surface area contributed by atoms with Crippen LogP contribution in [0.4, 0.5) is 4.39 Å². The first kappa shape index (κ1) is 14.9. The number of hydrogen-bond donors (Lipinski definition) is 1. The maximum absolute atomic E-state index is 13.9. The van der Waals surface area contributed by atoms with Gasteiger partial charge < -0.3 is 14.8 Å². The molecule has 0 aliphatic rings. The summed E-state index contributed by atoms with van der Waals surface area (Å²) in [7, 11) is 5.06. The number of benzene rings is 1. The van der Waals surface area contributed by atoms with Crippen LogP contribution in [0.3, 0.4) is 0 Å². The Morgan fingerprint density at radius 3 is 2.50 bits per heavy atom. The highest BCUT2D eigenvalue weighted by Gasteiger charge is 2.15. The number of hydrogen-bond acceptors (Lipinski definition) is 3. The lowest BCUT2D eigenvalue weighted by atomic mass is 10.00. The third kappa shape index (κ3) is 3.96. The Morgan fingerprint density at radius 1 is 1.28 bits per heavy atom. The maximum atomic E-state index is 13.9. The van der Waals surface area contributed by atoms with Crippen molar-refractivity contribution in [1.82, 2.24) is 5.32 Å². The molecule has 102 valence electrons. The minimum Gasteiger partial charge on any atom is -0.497 e. The first-order chi connectivity index (χ1) is 8.62. The first-order valence-corrected chi connectivity index (χ1v) is 6.15. The summed E-state index contributed by atoms with van der Waals surface area (Å²) < 4.78 is 24.1. The average molecular weight is 255 g/mol. The molecule has 1 aromatic carbocycles. The summed E-state index contributed by atoms with van der Waals surface area (Å²) in [5.74, 6) is 0.301. The summed E-state index contributed by atoms with van der Waals surface area (Å²) in [6, 6.07) is 4.96. The molecule has 2 unspecified atom stereocenters. The molecule has 3 nitrogen and oxygen atoms in total. The molecule has 0 saturated heterocycles. The lowest BCUT2D eigenvalue weighted by molar-refractivity contribution is 0.106. The predicted octanol–water partition coefficient (Wildman–Crippen LogP) is 2.91. The Bertz CT molecular complexity index is 371. The monoisotopic (exact) mass is 255 g/mol. The smallest absolute Gasteiger partial charge is 0.131 e. The van der Waals surface area contributed by atoms with Crippen molar-refractivity contribution in [2.75, 3.05) is 21.3 Å². The molecule has 0 aliphatic heterocycles. The molecule has 2 atom stereocenters. The highest BCUT2D eigenvalue weighted by atomic mass is 19.1. The van der Waals surface area contributed by atoms with E-state index in [1.807, 2.05) is 14.0 Å². The van der Waals surface area contributed by atoms with Crippen molar-refractivity contribution < 1.29 is 13.9 Å². The van der Waals surface area contributed by atoms with Gasteiger partial charge in [0.05, 0.1) is 13.2 Å². The highest BCUT2D eigenvalue weighted by Crippen LogP contribution is 2.25. The molecule has 0 aliphatic carbocycles. The molecule has 0 bridgehead atoms. The van der Waals surface area contributed by atoms with Crippen molar-refractivity contribution >= 4 is 0 Å². The molecule has 0 amide bonds. The van der Waals surface area contributed by atoms with E-state index in [0.717, 1.165) is 12.8 Å². The van der Waals surface area contributed by atoms with Crippen LogP contribution in [0.5, 0.6) is 5.75 Å². The van der Waals surface area contributed by atoms with E-state index in [1.54, 1.807) is 19.2 Å². The molecule has 4 heteroatoms. The molecule has 0 radical (unpaired) electrons. The Morgan fingerprint density at radius 2 is 2.00 bits per heavy atom. The van der Waals surface area contributed by atoms with Gasteiger partial charge in [0.25, 0.3) is 0 Å². The maximum Gasteiger partial charge on any atom is 0.131 e. The van der Waals surface area contributed by atoms with Gasteiger partial charge >= 0.3 is 0 Å². The topological polar surface area (TPSA) is 30.5 Å². The third-order valence-electron chi connectivity index (χ3n) is 3.20. The van der Waals surface area contributed by atoms with Crippen molar-refractivity contribution in [3.8, 4) is 5.75 Å². The molecule has 18 heavy (non-hydrogen) atoms. The van der Waals surface area contributed by atoms with E-state index in [-0.39, 0.29) is 18.0 Å². The fraction of sp³-hybridized carbons (Fsp3) is 0.571. The molecule has 0 saturated carbocycles. The molecule has 0 aromatic heterocycles. The van der Waals surface area contributed by atoms with Crippen LogP contribution in [-0.4, -0.2) is 27.4 Å². The molecular weight excluding hydrogens is 233 g/mol. The molecule has 1 aromatic rings. The zero-order chi connectivity index (χ0) is 13.5. The van der Waals surface area contributed by atoms with E-state index >= 15 is 0 Å². The number of halogens is 1. The van der Waals surface area contributed by atoms with Crippen LogP contribution >= 0.6 is 0 Å². The predicted molar refractivity (Wildman–Crippen MR) is 70.5 cm³/mol. The zero-order valence-corrected chi connectivity index (χ0v) is 11.5. The number of methoxy groups -OCH3 is 2. The van der Waals surface area contributed by atoms with Crippen molar-refractivity contribution in [1.29, 1.82) is 0 Å². The van der Waals surface area contributed by atoms with Crippen molar-refractivity contribution in [2.24, 2.45) is 0 Å². The molecule has 0 fully saturated rings. The van der Waals surface area contributed by atoms with Gasteiger partial charge in [-0.25, -0.2) is 4.39 Å². The van der Waals surface area contributed by atoms with Crippen LogP contribution in [0.1, 0.15) is 31.4 Å². The fourth-order valence-corrected chi connectivity index (χ4v) is 1.89. The Hall–Kier alpha value is -1.13. The molecule has 1 rings (SSSR count). The van der Waals surface area contributed by atoms with Gasteiger partial charge in [-0.05, 0) is 32.9 Å². The van der Waals surface area contributed by atoms with Crippen LogP contribution in [0.25, 0.3) is 0 Å². The number of ether oxygens (including phenoxy) is 2. The van der Waals surface area contributed by atoms with Gasteiger partial charge in [0.15, 0.2) is 0 Å². The molecule has 0 spiro atoms. The van der Waals surface area contributed by atoms with Crippen LogP contribution in [0.15, 0.2) is 18.2 Å². The molecule has 0 heterocycles. The normalized spacial score (nSPS) is 14.3. The number of nitrogens with one attached hydrogen (secondary N) is 1. The molecular formula is C14H22FNO2. The number of rotatable bonds is 7. The molecule has 1 N–H and O–H groups in total. The van der Waals surface area contributed by atoms with Crippen LogP contribution in [0.2, 0.25) is 0 Å². The quantitative estimate of drug-likeness (QED) is 0.812. The van der Waals surface area contributed by atoms with Crippen LogP contribution in [0, 0.1) is 5.82 Å². The van der Waals surface area contributed by atoms with E-state index in [0.29, 0.717) is 11.3 Å². The highest BCUT2D eigenvalue weighted by molar-refractivity contribution is 5.30. The van der Waals surface area contributed by atoms with E-state index in [9.17, 15) is 4.39 Å². The standard InChI is InChI=1S/C14H22FNO2/c1-10(17-3)5-8-14(16-2)12-7-6-11(18-4)9-13(12)15/h6-7,9-10,14,16H,5,8H2,1-4H3. The van der Waals surface area contributed by atoms with E-state index in [2.05, 4.69) is 5.32 Å². The minimum absolute atomic E-state index is 0.00601. The Balaban J connectivity index is 2.75. The van der Waals surface area contributed by atoms with Crippen molar-refractivity contribution in [3.05, 3.63) is 29.6 Å². The van der Waals surface area contributed by atoms with E-state index < -0.39 is 0 Å². The fourth-order valence-electron chi connectivity index (χ4n) is 1.89. The van der Waals surface area contributed by atoms with Gasteiger partial charge in [0.2, 0.25) is 0 Å². The van der Waals surface area contributed by atoms with Gasteiger partial charge in [0.1, 0.15) is 11.6 Å². The summed E-state index contributed by atoms with van der Waals surface area (Å²) in [5, 5.41) is 3.14. The summed E-state index contributed by atoms with van der Waals surface area (Å²) in [6.07, 6.45) is 1.89. The van der Waals surface area contributed by atoms with E-state index in [1.165, 1.54) is 13.2 Å². The SMILES string of the molecule is CNC(CCC(C)OC)c1ccc(OC)cc1F. The Labute approximate surface area is 108 Å². The second-order valence-corrected chi connectivity index (χ2v) is 4.35. The van der Waals surface area contributed by atoms with Crippen molar-refractivity contribution in [3.63, 3.8) is 0 Å². The second-order valence-electron chi connectivity index (χ2n) is 4.35. The van der Waals surface area contributed by atoms with Gasteiger partial charge in [-0.15, -0.1) is 0 Å². The third-order valence-corrected chi connectivity index (χ3v) is 3.20. The van der Waals surface area contributed by atoms with Gasteiger partial charge in [-0.2, -0.15) is 0 Å². The lowest BCUT2D eigenvalue weighted by Crippen LogP contribution is -2.19. The summed E-state index contributed by atoms with van der Waals surface area (Å²) in [5.41, 5.74) is 0.668. The summed E-state index contributed by atoms with van der Waals surface area (Å²) >= 11 is 0. The van der Waals surface area contributed by atoms with Crippen molar-refractivity contribution in [2.45, 2.75) is 31.9 Å². The summed E-state index contributed by atoms with van der Waals surface area (Å²) in [4.78, 5) is 0. The van der Waals surface area contributed by atoms with Gasteiger partial charge in [-0.3, -0.25) is 0 Å². The lowest BCUT2D eigenvalue weighted by Gasteiger charge is -2.19. The Kier molecular flexibility index (Phi) is 6.09. The summed E-state index contributed by atoms with van der Waals surface area (Å²) in [6.45, 7) is 2.01. The van der Waals surface area contributed by atoms with Crippen LogP contribution < -0.4 is 10.1 Å². The second kappa shape index (κ2) is 7.34. The largest absolute Gasteiger partial charge is 0.497 e. The van der Waals surface area contributed by atoms with E-state index in [4.69, 9.17) is 9.47 Å². The first-order valence-electron chi connectivity index (χ1n) is 6.15. The van der Waals surface area contributed by atoms with Gasteiger partial charge in [-0.1, -0.05) is 6.07 Å². The van der Waals surface area contributed by atoms with Gasteiger partial charge in [0, 0.05) is 24.8 Å². The average Bonchev–Trinajstić information content (AvgIpc) is 2.40. The minimum atomic E-state index is -0.237.